The number of para-hydroxylation sites is 2. The Morgan fingerprint density at radius 2 is 1.22 bits per heavy atom. The number of allylic oxidation sites excluding steroid dienone is 6. The second kappa shape index (κ2) is 8.76. The molecule has 0 bridgehead atoms. The fraction of sp³-hybridized carbons (Fsp3) is 0.133. The Bertz CT molecular complexity index is 1530. The Hall–Kier alpha value is -3.78. The molecule has 2 nitrogen and oxygen atoms in total. The fourth-order valence-electron chi connectivity index (χ4n) is 4.62. The van der Waals surface area contributed by atoms with Crippen LogP contribution < -0.4 is 0 Å². The van der Waals surface area contributed by atoms with E-state index in [4.69, 9.17) is 0 Å². The second-order valence-corrected chi connectivity index (χ2v) is 7.52. The zero-order chi connectivity index (χ0) is 22.8. The van der Waals surface area contributed by atoms with Gasteiger partial charge >= 0.3 is 0 Å². The first-order valence-corrected chi connectivity index (χ1v) is 11.3. The van der Waals surface area contributed by atoms with Gasteiger partial charge in [-0.2, -0.15) is 0 Å². The summed E-state index contributed by atoms with van der Waals surface area (Å²) in [6, 6.07) is 21.7. The van der Waals surface area contributed by atoms with Crippen molar-refractivity contribution in [2.24, 2.45) is 0 Å². The maximum atomic E-state index is 4.09. The number of hydrogen-bond acceptors (Lipinski definition) is 0. The molecule has 160 valence electrons. The topological polar surface area (TPSA) is 9.86 Å². The first-order chi connectivity index (χ1) is 15.7. The van der Waals surface area contributed by atoms with E-state index in [1.54, 1.807) is 0 Å². The van der Waals surface area contributed by atoms with E-state index in [1.165, 1.54) is 49.3 Å². The summed E-state index contributed by atoms with van der Waals surface area (Å²) in [7, 11) is 0. The van der Waals surface area contributed by atoms with Gasteiger partial charge in [0.25, 0.3) is 0 Å². The van der Waals surface area contributed by atoms with Crippen molar-refractivity contribution in [2.75, 3.05) is 0 Å². The lowest BCUT2D eigenvalue weighted by Gasteiger charge is -2.12. The van der Waals surface area contributed by atoms with Gasteiger partial charge in [0.15, 0.2) is 0 Å². The van der Waals surface area contributed by atoms with Crippen LogP contribution in [0.5, 0.6) is 0 Å². The zero-order valence-corrected chi connectivity index (χ0v) is 19.4. The number of fused-ring (bicyclic) bond motifs is 7. The molecule has 0 aliphatic carbocycles. The van der Waals surface area contributed by atoms with Gasteiger partial charge in [0.2, 0.25) is 0 Å². The molecule has 0 aliphatic rings. The van der Waals surface area contributed by atoms with Crippen molar-refractivity contribution < 1.29 is 0 Å². The normalized spacial score (nSPS) is 12.4. The molecule has 2 aromatic heterocycles. The van der Waals surface area contributed by atoms with Crippen molar-refractivity contribution in [1.29, 1.82) is 0 Å². The van der Waals surface area contributed by atoms with Crippen LogP contribution in [0.15, 0.2) is 98.1 Å². The molecular weight excluding hydrogens is 388 g/mol. The van der Waals surface area contributed by atoms with E-state index in [0.717, 1.165) is 5.70 Å². The van der Waals surface area contributed by atoms with Gasteiger partial charge in [0.1, 0.15) is 0 Å². The third kappa shape index (κ3) is 3.03. The van der Waals surface area contributed by atoms with Crippen LogP contribution in [0.2, 0.25) is 0 Å². The van der Waals surface area contributed by atoms with Crippen LogP contribution >= 0.6 is 0 Å². The third-order valence-corrected chi connectivity index (χ3v) is 6.00. The summed E-state index contributed by atoms with van der Waals surface area (Å²) < 4.78 is 4.71. The number of aromatic nitrogens is 2. The van der Waals surface area contributed by atoms with E-state index >= 15 is 0 Å². The van der Waals surface area contributed by atoms with Crippen molar-refractivity contribution in [3.8, 4) is 0 Å². The van der Waals surface area contributed by atoms with Crippen LogP contribution in [0.1, 0.15) is 27.7 Å². The molecule has 0 N–H and O–H groups in total. The molecule has 0 aliphatic heterocycles. The van der Waals surface area contributed by atoms with Crippen molar-refractivity contribution in [2.45, 2.75) is 27.7 Å². The minimum Gasteiger partial charge on any atom is -0.312 e. The molecule has 0 saturated heterocycles. The van der Waals surface area contributed by atoms with E-state index < -0.39 is 0 Å². The lowest BCUT2D eigenvalue weighted by Crippen LogP contribution is -1.98. The van der Waals surface area contributed by atoms with Crippen LogP contribution in [0.25, 0.3) is 55.0 Å². The molecule has 2 heterocycles. The predicted molar refractivity (Wildman–Crippen MR) is 144 cm³/mol. The van der Waals surface area contributed by atoms with E-state index in [-0.39, 0.29) is 0 Å². The fourth-order valence-corrected chi connectivity index (χ4v) is 4.62. The average molecular weight is 419 g/mol. The minimum absolute atomic E-state index is 1.01. The highest BCUT2D eigenvalue weighted by atomic mass is 15.0. The molecule has 2 heteroatoms. The average Bonchev–Trinajstić information content (AvgIpc) is 3.36. The first-order valence-electron chi connectivity index (χ1n) is 11.3. The van der Waals surface area contributed by atoms with Gasteiger partial charge in [-0.15, -0.1) is 0 Å². The standard InChI is InChI=1S/C28H24N2.C2H6/c1-5-12-20(7-3)30-26-16-11-9-14-22(26)24-18-17-23-21-13-8-10-15-25(21)29(19(4)6-2)27(23)28(24)30;1-2/h5-18H,1,3H2,2,4H3;1-2H3/b19-6+,20-12+;. The van der Waals surface area contributed by atoms with Crippen LogP contribution in [0.3, 0.4) is 0 Å². The van der Waals surface area contributed by atoms with Gasteiger partial charge < -0.3 is 9.13 Å². The van der Waals surface area contributed by atoms with Gasteiger partial charge in [-0.05, 0) is 38.1 Å². The monoisotopic (exact) mass is 418 g/mol. The first kappa shape index (κ1) is 21.5. The maximum absolute atomic E-state index is 4.09. The van der Waals surface area contributed by atoms with Crippen LogP contribution in [-0.2, 0) is 0 Å². The highest BCUT2D eigenvalue weighted by Gasteiger charge is 2.20. The van der Waals surface area contributed by atoms with Gasteiger partial charge in [0.05, 0.1) is 22.1 Å². The molecule has 0 amide bonds. The van der Waals surface area contributed by atoms with Crippen LogP contribution in [-0.4, -0.2) is 9.13 Å². The maximum Gasteiger partial charge on any atom is 0.0788 e. The number of rotatable bonds is 4. The molecule has 32 heavy (non-hydrogen) atoms. The van der Waals surface area contributed by atoms with Crippen molar-refractivity contribution in [3.63, 3.8) is 0 Å². The van der Waals surface area contributed by atoms with Gasteiger partial charge in [-0.25, -0.2) is 0 Å². The minimum atomic E-state index is 1.01. The zero-order valence-electron chi connectivity index (χ0n) is 19.4. The van der Waals surface area contributed by atoms with Crippen molar-refractivity contribution >= 4 is 55.0 Å². The molecule has 0 saturated carbocycles. The van der Waals surface area contributed by atoms with E-state index in [0.29, 0.717) is 0 Å². The number of nitrogens with zero attached hydrogens (tertiary/aromatic N) is 2. The molecule has 0 unspecified atom stereocenters. The van der Waals surface area contributed by atoms with Crippen LogP contribution in [0, 0.1) is 0 Å². The molecule has 0 fully saturated rings. The van der Waals surface area contributed by atoms with Gasteiger partial charge in [-0.1, -0.05) is 87.7 Å². The van der Waals surface area contributed by atoms with Gasteiger partial charge in [-0.3, -0.25) is 0 Å². The summed E-state index contributed by atoms with van der Waals surface area (Å²) in [5.41, 5.74) is 7.02. The Balaban J connectivity index is 0.00000119. The summed E-state index contributed by atoms with van der Waals surface area (Å²) in [6.07, 6.45) is 7.92. The molecular formula is C30H30N2. The Labute approximate surface area is 190 Å². The smallest absolute Gasteiger partial charge is 0.0788 e. The SMILES string of the molecule is C=C/C=C(\C=C)n1c2ccccc2c2ccc3c4ccccc4n(/C(C)=C/C)c3c21.CC. The van der Waals surface area contributed by atoms with E-state index in [1.807, 2.05) is 32.1 Å². The summed E-state index contributed by atoms with van der Waals surface area (Å²) in [5, 5.41) is 5.00. The predicted octanol–water partition coefficient (Wildman–Crippen LogP) is 9.02. The highest BCUT2D eigenvalue weighted by Crippen LogP contribution is 2.41. The van der Waals surface area contributed by atoms with Crippen molar-refractivity contribution in [3.05, 3.63) is 98.1 Å². The van der Waals surface area contributed by atoms with Crippen LogP contribution in [0.4, 0.5) is 0 Å². The lowest BCUT2D eigenvalue weighted by atomic mass is 10.1. The number of hydrogen-bond donors (Lipinski definition) is 0. The molecule has 5 aromatic rings. The number of benzene rings is 3. The summed E-state index contributed by atoms with van der Waals surface area (Å²) in [5.74, 6) is 0. The second-order valence-electron chi connectivity index (χ2n) is 7.52. The summed E-state index contributed by atoms with van der Waals surface area (Å²) >= 11 is 0. The quantitative estimate of drug-likeness (QED) is 0.258. The molecule has 0 atom stereocenters. The Morgan fingerprint density at radius 3 is 1.72 bits per heavy atom. The molecule has 3 aromatic carbocycles. The molecule has 5 rings (SSSR count). The van der Waals surface area contributed by atoms with E-state index in [2.05, 4.69) is 103 Å². The lowest BCUT2D eigenvalue weighted by molar-refractivity contribution is 1.18. The summed E-state index contributed by atoms with van der Waals surface area (Å²) in [6.45, 7) is 16.3. The van der Waals surface area contributed by atoms with E-state index in [9.17, 15) is 0 Å². The molecule has 0 radical (unpaired) electrons. The largest absolute Gasteiger partial charge is 0.312 e. The third-order valence-electron chi connectivity index (χ3n) is 6.00. The summed E-state index contributed by atoms with van der Waals surface area (Å²) in [4.78, 5) is 0. The molecule has 0 spiro atoms. The van der Waals surface area contributed by atoms with Gasteiger partial charge in [0, 0.05) is 32.9 Å². The van der Waals surface area contributed by atoms with Crippen molar-refractivity contribution in [1.82, 2.24) is 9.13 Å². The highest BCUT2D eigenvalue weighted by molar-refractivity contribution is 6.24. The Kier molecular flexibility index (Phi) is 5.87. The Morgan fingerprint density at radius 1 is 0.719 bits per heavy atom.